The second kappa shape index (κ2) is 10.1. The van der Waals surface area contributed by atoms with E-state index < -0.39 is 12.0 Å². The largest absolute Gasteiger partial charge is 0.451 e. The molecule has 1 N–H and O–H groups in total. The molecule has 0 saturated carbocycles. The van der Waals surface area contributed by atoms with Crippen LogP contribution in [0.5, 0.6) is 0 Å². The van der Waals surface area contributed by atoms with Crippen LogP contribution in [-0.2, 0) is 30.5 Å². The van der Waals surface area contributed by atoms with Gasteiger partial charge in [0, 0.05) is 43.5 Å². The molecule has 2 aliphatic rings. The number of hydrogen-bond donors (Lipinski definition) is 1. The Hall–Kier alpha value is -2.96. The fraction of sp³-hybridized carbons (Fsp3) is 0.625. The first-order valence-corrected chi connectivity index (χ1v) is 13.5. The zero-order valence-electron chi connectivity index (χ0n) is 21.2. The first kappa shape index (κ1) is 25.7. The average molecular weight is 537 g/mol. The van der Waals surface area contributed by atoms with Gasteiger partial charge in [0.25, 0.3) is 0 Å². The zero-order chi connectivity index (χ0) is 26.3. The topological polar surface area (TPSA) is 92.1 Å². The van der Waals surface area contributed by atoms with Crippen molar-refractivity contribution in [2.75, 3.05) is 36.4 Å². The third-order valence-corrected chi connectivity index (χ3v) is 7.96. The van der Waals surface area contributed by atoms with E-state index in [2.05, 4.69) is 28.5 Å². The Labute approximate surface area is 217 Å². The second-order valence-electron chi connectivity index (χ2n) is 10.0. The quantitative estimate of drug-likeness (QED) is 0.484. The van der Waals surface area contributed by atoms with Crippen molar-refractivity contribution in [3.63, 3.8) is 0 Å². The van der Waals surface area contributed by atoms with E-state index in [9.17, 15) is 18.0 Å². The van der Waals surface area contributed by atoms with Crippen molar-refractivity contribution >= 4 is 39.2 Å². The van der Waals surface area contributed by atoms with Crippen LogP contribution in [-0.4, -0.2) is 61.7 Å². The van der Waals surface area contributed by atoms with Gasteiger partial charge in [0.2, 0.25) is 17.7 Å². The standard InChI is InChI=1S/C24H31F3N8OS/c1-4-5-16-10-17-19(33-8-9-35-18(13-33)31-32-22(35)24(25,26)27)29-23(30-20(17)37-16)28-11-15-6-7-34(12-15)21(36)14(2)3/h10,14-15H,4-9,11-13H2,1-3H3,(H,28,29,30)/t15-/m0/s1. The average Bonchev–Trinajstić information content (AvgIpc) is 3.58. The highest BCUT2D eigenvalue weighted by atomic mass is 32.1. The van der Waals surface area contributed by atoms with Gasteiger partial charge in [-0.1, -0.05) is 27.2 Å². The minimum absolute atomic E-state index is 0.0151. The predicted molar refractivity (Wildman–Crippen MR) is 135 cm³/mol. The lowest BCUT2D eigenvalue weighted by atomic mass is 10.1. The molecular formula is C24H31F3N8OS. The number of amides is 1. The first-order valence-electron chi connectivity index (χ1n) is 12.7. The molecule has 9 nitrogen and oxygen atoms in total. The summed E-state index contributed by atoms with van der Waals surface area (Å²) in [6, 6.07) is 2.09. The van der Waals surface area contributed by atoms with Crippen molar-refractivity contribution in [3.05, 3.63) is 22.6 Å². The van der Waals surface area contributed by atoms with Crippen molar-refractivity contribution in [2.24, 2.45) is 11.8 Å². The predicted octanol–water partition coefficient (Wildman–Crippen LogP) is 4.19. The molecule has 1 atom stereocenters. The van der Waals surface area contributed by atoms with Gasteiger partial charge in [-0.3, -0.25) is 4.79 Å². The van der Waals surface area contributed by atoms with E-state index in [0.29, 0.717) is 37.3 Å². The monoisotopic (exact) mass is 536 g/mol. The summed E-state index contributed by atoms with van der Waals surface area (Å²) in [5.41, 5.74) is 0. The van der Waals surface area contributed by atoms with E-state index >= 15 is 0 Å². The summed E-state index contributed by atoms with van der Waals surface area (Å²) in [5.74, 6) is 0.957. The molecule has 0 spiro atoms. The number of fused-ring (bicyclic) bond motifs is 2. The summed E-state index contributed by atoms with van der Waals surface area (Å²) in [6.07, 6.45) is -1.69. The van der Waals surface area contributed by atoms with Gasteiger partial charge >= 0.3 is 6.18 Å². The number of nitrogens with one attached hydrogen (secondary N) is 1. The Kier molecular flexibility index (Phi) is 6.99. The molecule has 13 heteroatoms. The Morgan fingerprint density at radius 3 is 2.76 bits per heavy atom. The minimum Gasteiger partial charge on any atom is -0.354 e. The number of aryl methyl sites for hydroxylation is 1. The maximum absolute atomic E-state index is 13.3. The molecule has 1 fully saturated rings. The summed E-state index contributed by atoms with van der Waals surface area (Å²) >= 11 is 1.62. The fourth-order valence-electron chi connectivity index (χ4n) is 4.99. The Bertz CT molecular complexity index is 1290. The van der Waals surface area contributed by atoms with E-state index in [1.54, 1.807) is 11.3 Å². The van der Waals surface area contributed by atoms with E-state index in [0.717, 1.165) is 40.6 Å². The number of anilines is 2. The number of rotatable bonds is 7. The molecule has 0 aliphatic carbocycles. The van der Waals surface area contributed by atoms with E-state index in [-0.39, 0.29) is 30.7 Å². The zero-order valence-corrected chi connectivity index (χ0v) is 22.0. The molecule has 200 valence electrons. The van der Waals surface area contributed by atoms with E-state index in [4.69, 9.17) is 9.97 Å². The molecule has 3 aromatic heterocycles. The van der Waals surface area contributed by atoms with Gasteiger partial charge in [-0.2, -0.15) is 18.2 Å². The number of alkyl halides is 3. The van der Waals surface area contributed by atoms with Crippen LogP contribution < -0.4 is 10.2 Å². The second-order valence-corrected chi connectivity index (χ2v) is 11.2. The third-order valence-electron chi connectivity index (χ3n) is 6.87. The summed E-state index contributed by atoms with van der Waals surface area (Å²) in [6.45, 7) is 8.72. The molecule has 0 aromatic carbocycles. The lowest BCUT2D eigenvalue weighted by Crippen LogP contribution is -2.36. The number of likely N-dealkylation sites (tertiary alicyclic amines) is 1. The SMILES string of the molecule is CCCc1cc2c(N3CCn4c(nnc4C(F)(F)F)C3)nc(NC[C@@H]3CCN(C(=O)C(C)C)C3)nc2s1. The Balaban J connectivity index is 1.38. The van der Waals surface area contributed by atoms with Crippen LogP contribution in [0.2, 0.25) is 0 Å². The van der Waals surface area contributed by atoms with Crippen LogP contribution >= 0.6 is 11.3 Å². The molecule has 3 aromatic rings. The normalized spacial score (nSPS) is 18.2. The van der Waals surface area contributed by atoms with Gasteiger partial charge in [0.05, 0.1) is 11.9 Å². The molecule has 37 heavy (non-hydrogen) atoms. The number of carbonyl (C=O) groups excluding carboxylic acids is 1. The lowest BCUT2D eigenvalue weighted by molar-refractivity contribution is -0.147. The summed E-state index contributed by atoms with van der Waals surface area (Å²) < 4.78 is 41.0. The van der Waals surface area contributed by atoms with Gasteiger partial charge < -0.3 is 19.7 Å². The third kappa shape index (κ3) is 5.23. The number of hydrogen-bond acceptors (Lipinski definition) is 8. The van der Waals surface area contributed by atoms with Crippen molar-refractivity contribution in [1.29, 1.82) is 0 Å². The van der Waals surface area contributed by atoms with Gasteiger partial charge in [0.1, 0.15) is 10.6 Å². The summed E-state index contributed by atoms with van der Waals surface area (Å²) in [4.78, 5) is 27.8. The smallest absolute Gasteiger partial charge is 0.354 e. The molecule has 0 radical (unpaired) electrons. The van der Waals surface area contributed by atoms with Crippen molar-refractivity contribution in [3.8, 4) is 0 Å². The Morgan fingerprint density at radius 1 is 1.22 bits per heavy atom. The number of nitrogens with zero attached hydrogens (tertiary/aromatic N) is 7. The maximum atomic E-state index is 13.3. The van der Waals surface area contributed by atoms with Gasteiger partial charge in [-0.15, -0.1) is 21.5 Å². The minimum atomic E-state index is -4.54. The molecule has 1 saturated heterocycles. The molecule has 5 heterocycles. The van der Waals surface area contributed by atoms with Gasteiger partial charge in [0.15, 0.2) is 5.82 Å². The van der Waals surface area contributed by atoms with Gasteiger partial charge in [-0.25, -0.2) is 4.98 Å². The van der Waals surface area contributed by atoms with Crippen LogP contribution in [0.3, 0.4) is 0 Å². The molecule has 0 bridgehead atoms. The summed E-state index contributed by atoms with van der Waals surface area (Å²) in [5, 5.41) is 11.5. The van der Waals surface area contributed by atoms with Crippen molar-refractivity contribution in [1.82, 2.24) is 29.6 Å². The van der Waals surface area contributed by atoms with Gasteiger partial charge in [-0.05, 0) is 24.8 Å². The van der Waals surface area contributed by atoms with Crippen LogP contribution in [0, 0.1) is 11.8 Å². The van der Waals surface area contributed by atoms with Crippen LogP contribution in [0.1, 0.15) is 50.1 Å². The number of carbonyl (C=O) groups is 1. The maximum Gasteiger partial charge on any atom is 0.451 e. The highest BCUT2D eigenvalue weighted by Gasteiger charge is 2.40. The molecule has 2 aliphatic heterocycles. The highest BCUT2D eigenvalue weighted by molar-refractivity contribution is 7.18. The number of halogens is 3. The highest BCUT2D eigenvalue weighted by Crippen LogP contribution is 2.35. The van der Waals surface area contributed by atoms with E-state index in [1.807, 2.05) is 23.6 Å². The molecule has 1 amide bonds. The summed E-state index contributed by atoms with van der Waals surface area (Å²) in [7, 11) is 0. The Morgan fingerprint density at radius 2 is 2.03 bits per heavy atom. The van der Waals surface area contributed by atoms with Crippen LogP contribution in [0.25, 0.3) is 10.2 Å². The van der Waals surface area contributed by atoms with Crippen molar-refractivity contribution in [2.45, 2.75) is 59.3 Å². The fourth-order valence-corrected chi connectivity index (χ4v) is 6.12. The van der Waals surface area contributed by atoms with Crippen molar-refractivity contribution < 1.29 is 18.0 Å². The molecule has 5 rings (SSSR count). The molecule has 0 unspecified atom stereocenters. The van der Waals surface area contributed by atoms with Crippen LogP contribution in [0.15, 0.2) is 6.07 Å². The van der Waals surface area contributed by atoms with E-state index in [1.165, 1.54) is 4.88 Å². The van der Waals surface area contributed by atoms with Crippen LogP contribution in [0.4, 0.5) is 24.9 Å². The number of thiophene rings is 1. The molecular weight excluding hydrogens is 505 g/mol. The lowest BCUT2D eigenvalue weighted by Gasteiger charge is -2.29. The number of aromatic nitrogens is 5. The first-order chi connectivity index (χ1) is 17.6.